The van der Waals surface area contributed by atoms with Gasteiger partial charge in [0.25, 0.3) is 10.1 Å². The summed E-state index contributed by atoms with van der Waals surface area (Å²) in [5, 5.41) is 0. The van der Waals surface area contributed by atoms with Gasteiger partial charge in [0, 0.05) is 0 Å². The Morgan fingerprint density at radius 3 is 2.20 bits per heavy atom. The minimum Gasteiger partial charge on any atom is -0.266 e. The summed E-state index contributed by atoms with van der Waals surface area (Å²) in [6.07, 6.45) is 6.93. The molecule has 0 radical (unpaired) electrons. The van der Waals surface area contributed by atoms with Crippen LogP contribution in [0.3, 0.4) is 0 Å². The molecule has 0 spiro atoms. The third-order valence-electron chi connectivity index (χ3n) is 3.47. The van der Waals surface area contributed by atoms with Crippen molar-refractivity contribution in [3.8, 4) is 0 Å². The molecule has 0 N–H and O–H groups in total. The fourth-order valence-electron chi connectivity index (χ4n) is 2.33. The molecule has 1 aliphatic heterocycles. The Morgan fingerprint density at radius 1 is 1.05 bits per heavy atom. The molecule has 1 atom stereocenters. The molecular weight excluding hydrogens is 300 g/mol. The summed E-state index contributed by atoms with van der Waals surface area (Å²) in [7, 11) is -6.67. The molecule has 5 nitrogen and oxygen atoms in total. The van der Waals surface area contributed by atoms with E-state index < -0.39 is 26.1 Å². The molecule has 1 fully saturated rings. The lowest BCUT2D eigenvalue weighted by Crippen LogP contribution is -2.21. The first-order valence-electron chi connectivity index (χ1n) is 7.46. The second-order valence-corrected chi connectivity index (χ2v) is 9.45. The summed E-state index contributed by atoms with van der Waals surface area (Å²) in [5.41, 5.74) is 0. The van der Waals surface area contributed by atoms with Crippen LogP contribution in [0.1, 0.15) is 58.3 Å². The van der Waals surface area contributed by atoms with Crippen molar-refractivity contribution in [3.63, 3.8) is 0 Å². The van der Waals surface area contributed by atoms with E-state index in [0.717, 1.165) is 19.3 Å². The van der Waals surface area contributed by atoms with Crippen molar-refractivity contribution in [3.05, 3.63) is 0 Å². The van der Waals surface area contributed by atoms with Crippen LogP contribution in [0.25, 0.3) is 0 Å². The van der Waals surface area contributed by atoms with Crippen LogP contribution in [0, 0.1) is 0 Å². The molecule has 0 aromatic heterocycles. The second-order valence-electron chi connectivity index (χ2n) is 5.50. The maximum absolute atomic E-state index is 11.7. The molecular formula is C13H26O5S2. The molecule has 0 aromatic rings. The normalized spacial score (nSPS) is 22.1. The molecule has 0 amide bonds. The summed E-state index contributed by atoms with van der Waals surface area (Å²) >= 11 is 0. The van der Waals surface area contributed by atoms with Crippen LogP contribution in [0.15, 0.2) is 0 Å². The van der Waals surface area contributed by atoms with Gasteiger partial charge in [-0.2, -0.15) is 8.42 Å². The number of hydrogen-bond donors (Lipinski definition) is 0. The van der Waals surface area contributed by atoms with E-state index in [1.807, 2.05) is 0 Å². The fraction of sp³-hybridized carbons (Fsp3) is 1.00. The predicted octanol–water partition coefficient (Wildman–Crippen LogP) is 2.27. The molecule has 1 saturated heterocycles. The van der Waals surface area contributed by atoms with Crippen LogP contribution in [0.5, 0.6) is 0 Å². The fourth-order valence-corrected chi connectivity index (χ4v) is 5.24. The molecule has 0 unspecified atom stereocenters. The summed E-state index contributed by atoms with van der Waals surface area (Å²) in [6, 6.07) is 0. The SMILES string of the molecule is CCCCCCCCCS(=O)(=O)O[C@H]1CCS(=O)(=O)C1. The first-order chi connectivity index (χ1) is 9.35. The van der Waals surface area contributed by atoms with Gasteiger partial charge < -0.3 is 0 Å². The van der Waals surface area contributed by atoms with Gasteiger partial charge in [0.05, 0.1) is 23.4 Å². The van der Waals surface area contributed by atoms with Gasteiger partial charge in [-0.1, -0.05) is 45.4 Å². The van der Waals surface area contributed by atoms with Crippen molar-refractivity contribution in [2.45, 2.75) is 64.4 Å². The highest BCUT2D eigenvalue weighted by Gasteiger charge is 2.31. The Hall–Kier alpha value is -0.140. The lowest BCUT2D eigenvalue weighted by molar-refractivity contribution is 0.235. The third kappa shape index (κ3) is 7.59. The largest absolute Gasteiger partial charge is 0.267 e. The standard InChI is InChI=1S/C13H26O5S2/c1-2-3-4-5-6-7-8-10-20(16,17)18-13-9-11-19(14,15)12-13/h13H,2-12H2,1H3/t13-/m0/s1. The van der Waals surface area contributed by atoms with Crippen molar-refractivity contribution >= 4 is 20.0 Å². The van der Waals surface area contributed by atoms with Crippen molar-refractivity contribution in [2.75, 3.05) is 17.3 Å². The number of rotatable bonds is 10. The quantitative estimate of drug-likeness (QED) is 0.454. The first-order valence-corrected chi connectivity index (χ1v) is 10.9. The number of sulfone groups is 1. The Labute approximate surface area is 123 Å². The lowest BCUT2D eigenvalue weighted by atomic mass is 10.1. The Balaban J connectivity index is 2.16. The van der Waals surface area contributed by atoms with E-state index in [2.05, 4.69) is 6.92 Å². The second kappa shape index (κ2) is 8.34. The van der Waals surface area contributed by atoms with Crippen molar-refractivity contribution in [1.29, 1.82) is 0 Å². The number of unbranched alkanes of at least 4 members (excludes halogenated alkanes) is 6. The zero-order valence-electron chi connectivity index (χ0n) is 12.2. The Morgan fingerprint density at radius 2 is 1.65 bits per heavy atom. The van der Waals surface area contributed by atoms with E-state index in [4.69, 9.17) is 4.18 Å². The van der Waals surface area contributed by atoms with Gasteiger partial charge in [0.2, 0.25) is 0 Å². The van der Waals surface area contributed by atoms with E-state index in [0.29, 0.717) is 12.8 Å². The maximum Gasteiger partial charge on any atom is 0.267 e. The molecule has 1 heterocycles. The van der Waals surface area contributed by atoms with Crippen LogP contribution in [0.4, 0.5) is 0 Å². The lowest BCUT2D eigenvalue weighted by Gasteiger charge is -2.10. The first kappa shape index (κ1) is 17.9. The van der Waals surface area contributed by atoms with E-state index in [-0.39, 0.29) is 17.3 Å². The van der Waals surface area contributed by atoms with Crippen LogP contribution in [-0.4, -0.2) is 40.2 Å². The molecule has 1 aliphatic rings. The minimum absolute atomic E-state index is 0.00265. The smallest absolute Gasteiger partial charge is 0.266 e. The van der Waals surface area contributed by atoms with Crippen LogP contribution in [-0.2, 0) is 24.1 Å². The third-order valence-corrected chi connectivity index (χ3v) is 6.56. The van der Waals surface area contributed by atoms with Gasteiger partial charge in [-0.25, -0.2) is 8.42 Å². The monoisotopic (exact) mass is 326 g/mol. The molecule has 1 rings (SSSR count). The molecule has 120 valence electrons. The average Bonchev–Trinajstić information content (AvgIpc) is 2.66. The highest BCUT2D eigenvalue weighted by Crippen LogP contribution is 2.18. The minimum atomic E-state index is -3.58. The van der Waals surface area contributed by atoms with Crippen molar-refractivity contribution in [1.82, 2.24) is 0 Å². The summed E-state index contributed by atoms with van der Waals surface area (Å²) in [5.74, 6) is -0.134. The zero-order valence-corrected chi connectivity index (χ0v) is 13.8. The predicted molar refractivity (Wildman–Crippen MR) is 79.9 cm³/mol. The average molecular weight is 326 g/mol. The van der Waals surface area contributed by atoms with E-state index in [9.17, 15) is 16.8 Å². The van der Waals surface area contributed by atoms with Crippen molar-refractivity contribution in [2.24, 2.45) is 0 Å². The molecule has 7 heteroatoms. The highest BCUT2D eigenvalue weighted by atomic mass is 32.2. The van der Waals surface area contributed by atoms with Crippen LogP contribution < -0.4 is 0 Å². The molecule has 0 saturated carbocycles. The summed E-state index contributed by atoms with van der Waals surface area (Å²) < 4.78 is 50.9. The van der Waals surface area contributed by atoms with Crippen LogP contribution in [0.2, 0.25) is 0 Å². The molecule has 0 aliphatic carbocycles. The van der Waals surface area contributed by atoms with E-state index in [1.165, 1.54) is 19.3 Å². The van der Waals surface area contributed by atoms with Gasteiger partial charge in [-0.05, 0) is 12.8 Å². The summed E-state index contributed by atoms with van der Waals surface area (Å²) in [6.45, 7) is 2.16. The topological polar surface area (TPSA) is 77.5 Å². The van der Waals surface area contributed by atoms with Gasteiger partial charge in [0.15, 0.2) is 9.84 Å². The number of hydrogen-bond acceptors (Lipinski definition) is 5. The molecule has 0 bridgehead atoms. The summed E-state index contributed by atoms with van der Waals surface area (Å²) in [4.78, 5) is 0. The van der Waals surface area contributed by atoms with E-state index >= 15 is 0 Å². The van der Waals surface area contributed by atoms with Gasteiger partial charge >= 0.3 is 0 Å². The van der Waals surface area contributed by atoms with Crippen LogP contribution >= 0.6 is 0 Å². The Kier molecular flexibility index (Phi) is 7.47. The maximum atomic E-state index is 11.7. The van der Waals surface area contributed by atoms with Gasteiger partial charge in [0.1, 0.15) is 0 Å². The zero-order chi connectivity index (χ0) is 15.1. The van der Waals surface area contributed by atoms with E-state index in [1.54, 1.807) is 0 Å². The van der Waals surface area contributed by atoms with Gasteiger partial charge in [-0.15, -0.1) is 0 Å². The Bertz CT molecular complexity index is 467. The molecule has 20 heavy (non-hydrogen) atoms. The highest BCUT2D eigenvalue weighted by molar-refractivity contribution is 7.91. The molecule has 0 aromatic carbocycles. The van der Waals surface area contributed by atoms with Gasteiger partial charge in [-0.3, -0.25) is 4.18 Å². The van der Waals surface area contributed by atoms with Crippen molar-refractivity contribution < 1.29 is 21.0 Å².